The number of hydrogen-bond acceptors (Lipinski definition) is 2. The standard InChI is InChI=1S/C6H13NO/c1-4-6(7-8)5(2)3/h5,8H,4H2,1-3H3/b7-6+. The highest BCUT2D eigenvalue weighted by molar-refractivity contribution is 5.85. The minimum atomic E-state index is 0.380. The van der Waals surface area contributed by atoms with Crippen molar-refractivity contribution < 1.29 is 5.21 Å². The van der Waals surface area contributed by atoms with Crippen molar-refractivity contribution >= 4 is 5.71 Å². The van der Waals surface area contributed by atoms with Crippen LogP contribution in [0.25, 0.3) is 0 Å². The number of nitrogens with zero attached hydrogens (tertiary/aromatic N) is 1. The van der Waals surface area contributed by atoms with E-state index in [4.69, 9.17) is 5.21 Å². The minimum Gasteiger partial charge on any atom is -0.411 e. The topological polar surface area (TPSA) is 32.6 Å². The monoisotopic (exact) mass is 115 g/mol. The molecule has 0 spiro atoms. The van der Waals surface area contributed by atoms with E-state index in [2.05, 4.69) is 5.16 Å². The van der Waals surface area contributed by atoms with Gasteiger partial charge in [0.05, 0.1) is 5.71 Å². The van der Waals surface area contributed by atoms with Gasteiger partial charge in [-0.25, -0.2) is 0 Å². The Bertz CT molecular complexity index is 86.5. The molecule has 0 saturated carbocycles. The van der Waals surface area contributed by atoms with Crippen LogP contribution in [-0.2, 0) is 0 Å². The molecule has 2 nitrogen and oxygen atoms in total. The van der Waals surface area contributed by atoms with Crippen LogP contribution in [0.2, 0.25) is 0 Å². The van der Waals surface area contributed by atoms with Crippen molar-refractivity contribution in [2.45, 2.75) is 27.2 Å². The molecule has 0 unspecified atom stereocenters. The molecule has 0 heterocycles. The average Bonchev–Trinajstić information content (AvgIpc) is 1.69. The molecule has 0 aromatic rings. The first-order valence-corrected chi connectivity index (χ1v) is 2.93. The molecule has 0 fully saturated rings. The molecule has 0 bridgehead atoms. The summed E-state index contributed by atoms with van der Waals surface area (Å²) in [6.45, 7) is 6.01. The van der Waals surface area contributed by atoms with Crippen molar-refractivity contribution in [2.24, 2.45) is 11.1 Å². The molecule has 0 aliphatic rings. The zero-order chi connectivity index (χ0) is 6.57. The third-order valence-electron chi connectivity index (χ3n) is 1.16. The van der Waals surface area contributed by atoms with E-state index in [1.165, 1.54) is 0 Å². The van der Waals surface area contributed by atoms with Crippen molar-refractivity contribution in [1.29, 1.82) is 0 Å². The Labute approximate surface area is 50.2 Å². The second kappa shape index (κ2) is 3.47. The van der Waals surface area contributed by atoms with E-state index in [1.54, 1.807) is 0 Å². The lowest BCUT2D eigenvalue weighted by atomic mass is 10.1. The zero-order valence-corrected chi connectivity index (χ0v) is 5.68. The highest BCUT2D eigenvalue weighted by Crippen LogP contribution is 1.99. The largest absolute Gasteiger partial charge is 0.411 e. The maximum Gasteiger partial charge on any atom is 0.0593 e. The number of oxime groups is 1. The number of hydrogen-bond donors (Lipinski definition) is 1. The molecule has 2 heteroatoms. The molecule has 0 saturated heterocycles. The quantitative estimate of drug-likeness (QED) is 0.332. The SMILES string of the molecule is CC/C(=N\O)C(C)C. The van der Waals surface area contributed by atoms with E-state index in [0.29, 0.717) is 5.92 Å². The Hall–Kier alpha value is -0.530. The van der Waals surface area contributed by atoms with Crippen LogP contribution < -0.4 is 0 Å². The van der Waals surface area contributed by atoms with Gasteiger partial charge in [0.2, 0.25) is 0 Å². The second-order valence-electron chi connectivity index (χ2n) is 2.10. The molecule has 48 valence electrons. The van der Waals surface area contributed by atoms with E-state index < -0.39 is 0 Å². The van der Waals surface area contributed by atoms with E-state index in [9.17, 15) is 0 Å². The molecule has 0 rings (SSSR count). The van der Waals surface area contributed by atoms with Gasteiger partial charge in [-0.3, -0.25) is 0 Å². The first-order valence-electron chi connectivity index (χ1n) is 2.93. The highest BCUT2D eigenvalue weighted by Gasteiger charge is 2.00. The summed E-state index contributed by atoms with van der Waals surface area (Å²) >= 11 is 0. The normalized spacial score (nSPS) is 12.8. The van der Waals surface area contributed by atoms with E-state index in [0.717, 1.165) is 12.1 Å². The molecular weight excluding hydrogens is 102 g/mol. The summed E-state index contributed by atoms with van der Waals surface area (Å²) in [4.78, 5) is 0. The Morgan fingerprint density at radius 3 is 2.12 bits per heavy atom. The lowest BCUT2D eigenvalue weighted by Gasteiger charge is -2.01. The van der Waals surface area contributed by atoms with E-state index >= 15 is 0 Å². The molecule has 0 atom stereocenters. The first-order chi connectivity index (χ1) is 3.72. The Morgan fingerprint density at radius 2 is 2.12 bits per heavy atom. The van der Waals surface area contributed by atoms with Crippen molar-refractivity contribution in [3.05, 3.63) is 0 Å². The predicted molar refractivity (Wildman–Crippen MR) is 34.4 cm³/mol. The Morgan fingerprint density at radius 1 is 1.62 bits per heavy atom. The van der Waals surface area contributed by atoms with Gasteiger partial charge < -0.3 is 5.21 Å². The van der Waals surface area contributed by atoms with Gasteiger partial charge in [0.1, 0.15) is 0 Å². The maximum atomic E-state index is 8.28. The van der Waals surface area contributed by atoms with Crippen LogP contribution >= 0.6 is 0 Å². The lowest BCUT2D eigenvalue weighted by molar-refractivity contribution is 0.314. The van der Waals surface area contributed by atoms with Gasteiger partial charge in [-0.2, -0.15) is 0 Å². The fourth-order valence-electron chi connectivity index (χ4n) is 0.594. The molecule has 1 N–H and O–H groups in total. The van der Waals surface area contributed by atoms with Crippen LogP contribution in [0.1, 0.15) is 27.2 Å². The van der Waals surface area contributed by atoms with Crippen molar-refractivity contribution in [3.8, 4) is 0 Å². The third kappa shape index (κ3) is 1.96. The summed E-state index contributed by atoms with van der Waals surface area (Å²) in [5.41, 5.74) is 0.866. The molecule has 0 radical (unpaired) electrons. The molecule has 0 amide bonds. The van der Waals surface area contributed by atoms with Gasteiger partial charge in [-0.05, 0) is 12.3 Å². The summed E-state index contributed by atoms with van der Waals surface area (Å²) in [5, 5.41) is 11.4. The summed E-state index contributed by atoms with van der Waals surface area (Å²) in [5.74, 6) is 0.380. The molecular formula is C6H13NO. The van der Waals surface area contributed by atoms with Gasteiger partial charge in [-0.1, -0.05) is 25.9 Å². The fourth-order valence-corrected chi connectivity index (χ4v) is 0.594. The molecule has 8 heavy (non-hydrogen) atoms. The van der Waals surface area contributed by atoms with Crippen LogP contribution in [0.15, 0.2) is 5.16 Å². The Kier molecular flexibility index (Phi) is 3.24. The van der Waals surface area contributed by atoms with Crippen LogP contribution in [0.3, 0.4) is 0 Å². The number of rotatable bonds is 2. The third-order valence-corrected chi connectivity index (χ3v) is 1.16. The lowest BCUT2D eigenvalue weighted by Crippen LogP contribution is -2.04. The van der Waals surface area contributed by atoms with Crippen LogP contribution in [-0.4, -0.2) is 10.9 Å². The predicted octanol–water partition coefficient (Wildman–Crippen LogP) is 1.88. The van der Waals surface area contributed by atoms with Gasteiger partial charge >= 0.3 is 0 Å². The van der Waals surface area contributed by atoms with Gasteiger partial charge in [0, 0.05) is 0 Å². The van der Waals surface area contributed by atoms with E-state index in [-0.39, 0.29) is 0 Å². The van der Waals surface area contributed by atoms with Gasteiger partial charge in [0.25, 0.3) is 0 Å². The second-order valence-corrected chi connectivity index (χ2v) is 2.10. The average molecular weight is 115 g/mol. The summed E-state index contributed by atoms with van der Waals surface area (Å²) < 4.78 is 0. The van der Waals surface area contributed by atoms with Crippen molar-refractivity contribution in [2.75, 3.05) is 0 Å². The molecule has 0 aliphatic carbocycles. The van der Waals surface area contributed by atoms with E-state index in [1.807, 2.05) is 20.8 Å². The smallest absolute Gasteiger partial charge is 0.0593 e. The van der Waals surface area contributed by atoms with Crippen LogP contribution in [0.4, 0.5) is 0 Å². The molecule has 0 aliphatic heterocycles. The summed E-state index contributed by atoms with van der Waals surface area (Å²) in [6.07, 6.45) is 0.841. The summed E-state index contributed by atoms with van der Waals surface area (Å²) in [7, 11) is 0. The first kappa shape index (κ1) is 7.47. The molecule has 0 aromatic heterocycles. The van der Waals surface area contributed by atoms with Gasteiger partial charge in [0.15, 0.2) is 0 Å². The highest BCUT2D eigenvalue weighted by atomic mass is 16.4. The molecule has 0 aromatic carbocycles. The fraction of sp³-hybridized carbons (Fsp3) is 0.833. The van der Waals surface area contributed by atoms with Crippen LogP contribution in [0.5, 0.6) is 0 Å². The zero-order valence-electron chi connectivity index (χ0n) is 5.68. The van der Waals surface area contributed by atoms with Crippen molar-refractivity contribution in [3.63, 3.8) is 0 Å². The Balaban J connectivity index is 3.72. The maximum absolute atomic E-state index is 8.28. The minimum absolute atomic E-state index is 0.380. The van der Waals surface area contributed by atoms with Gasteiger partial charge in [-0.15, -0.1) is 0 Å². The summed E-state index contributed by atoms with van der Waals surface area (Å²) in [6, 6.07) is 0. The van der Waals surface area contributed by atoms with Crippen molar-refractivity contribution in [1.82, 2.24) is 0 Å². The van der Waals surface area contributed by atoms with Crippen LogP contribution in [0, 0.1) is 5.92 Å².